The van der Waals surface area contributed by atoms with E-state index in [2.05, 4.69) is 0 Å². The van der Waals surface area contributed by atoms with E-state index in [1.807, 2.05) is 34.6 Å². The molecule has 0 aliphatic carbocycles. The van der Waals surface area contributed by atoms with Crippen molar-refractivity contribution >= 4 is 29.5 Å². The topological polar surface area (TPSA) is 77.9 Å². The van der Waals surface area contributed by atoms with Gasteiger partial charge in [-0.25, -0.2) is 0 Å². The van der Waals surface area contributed by atoms with E-state index in [4.69, 9.17) is 5.11 Å². The van der Waals surface area contributed by atoms with Crippen molar-refractivity contribution in [2.75, 3.05) is 24.6 Å². The maximum absolute atomic E-state index is 12.2. The standard InChI is InChI=1S/C16H30N2O4S/c1-6-14(19)17(8-9-23-11-16(21)22)13(5)10-18(12(3)4)15(20)7-2/h12-13H,6-11H2,1-5H3,(H,21,22). The van der Waals surface area contributed by atoms with Gasteiger partial charge in [-0.05, 0) is 20.8 Å². The zero-order valence-corrected chi connectivity index (χ0v) is 15.7. The number of rotatable bonds is 11. The van der Waals surface area contributed by atoms with Crippen molar-refractivity contribution in [1.29, 1.82) is 0 Å². The molecular formula is C16H30N2O4S. The molecule has 1 N–H and O–H groups in total. The van der Waals surface area contributed by atoms with Gasteiger partial charge in [0.1, 0.15) is 0 Å². The average molecular weight is 346 g/mol. The molecule has 1 unspecified atom stereocenters. The summed E-state index contributed by atoms with van der Waals surface area (Å²) in [5.74, 6) is -0.131. The molecule has 0 rings (SSSR count). The molecule has 0 aromatic heterocycles. The van der Waals surface area contributed by atoms with E-state index in [1.165, 1.54) is 11.8 Å². The highest BCUT2D eigenvalue weighted by Gasteiger charge is 2.24. The number of aliphatic carboxylic acids is 1. The Hall–Kier alpha value is -1.24. The van der Waals surface area contributed by atoms with Gasteiger partial charge in [-0.2, -0.15) is 0 Å². The summed E-state index contributed by atoms with van der Waals surface area (Å²) in [6, 6.07) is -0.00404. The first-order valence-electron chi connectivity index (χ1n) is 8.12. The minimum Gasteiger partial charge on any atom is -0.481 e. The molecule has 1 atom stereocenters. The fourth-order valence-electron chi connectivity index (χ4n) is 2.30. The molecule has 0 aromatic rings. The first-order chi connectivity index (χ1) is 10.7. The molecule has 0 saturated carbocycles. The van der Waals surface area contributed by atoms with Gasteiger partial charge in [0.25, 0.3) is 0 Å². The van der Waals surface area contributed by atoms with Crippen LogP contribution in [0.1, 0.15) is 47.5 Å². The number of nitrogens with zero attached hydrogens (tertiary/aromatic N) is 2. The maximum Gasteiger partial charge on any atom is 0.313 e. The minimum atomic E-state index is -0.851. The second kappa shape index (κ2) is 11.3. The van der Waals surface area contributed by atoms with Gasteiger partial charge in [0.2, 0.25) is 11.8 Å². The summed E-state index contributed by atoms with van der Waals surface area (Å²) in [4.78, 5) is 38.3. The van der Waals surface area contributed by atoms with Crippen LogP contribution in [0.5, 0.6) is 0 Å². The molecule has 0 aliphatic rings. The second-order valence-corrected chi connectivity index (χ2v) is 6.83. The van der Waals surface area contributed by atoms with Gasteiger partial charge in [-0.15, -0.1) is 11.8 Å². The lowest BCUT2D eigenvalue weighted by molar-refractivity contribution is -0.138. The Bertz CT molecular complexity index is 402. The fourth-order valence-corrected chi connectivity index (χ4v) is 2.95. The molecule has 23 heavy (non-hydrogen) atoms. The zero-order chi connectivity index (χ0) is 18.0. The summed E-state index contributed by atoms with van der Waals surface area (Å²) < 4.78 is 0. The van der Waals surface area contributed by atoms with Crippen molar-refractivity contribution < 1.29 is 19.5 Å². The highest BCUT2D eigenvalue weighted by molar-refractivity contribution is 7.99. The Morgan fingerprint density at radius 3 is 1.96 bits per heavy atom. The summed E-state index contributed by atoms with van der Waals surface area (Å²) >= 11 is 1.30. The van der Waals surface area contributed by atoms with Crippen molar-refractivity contribution in [2.45, 2.75) is 59.5 Å². The van der Waals surface area contributed by atoms with Gasteiger partial charge >= 0.3 is 5.97 Å². The number of thioether (sulfide) groups is 1. The third kappa shape index (κ3) is 8.25. The van der Waals surface area contributed by atoms with Crippen LogP contribution in [0.25, 0.3) is 0 Å². The monoisotopic (exact) mass is 346 g/mol. The number of amides is 2. The van der Waals surface area contributed by atoms with Crippen LogP contribution in [0.2, 0.25) is 0 Å². The van der Waals surface area contributed by atoms with Crippen molar-refractivity contribution in [1.82, 2.24) is 9.80 Å². The first kappa shape index (κ1) is 21.8. The lowest BCUT2D eigenvalue weighted by atomic mass is 10.2. The van der Waals surface area contributed by atoms with Crippen molar-refractivity contribution in [3.05, 3.63) is 0 Å². The number of carbonyl (C=O) groups excluding carboxylic acids is 2. The minimum absolute atomic E-state index is 0.0288. The Morgan fingerprint density at radius 1 is 1.00 bits per heavy atom. The van der Waals surface area contributed by atoms with E-state index in [-0.39, 0.29) is 29.7 Å². The van der Waals surface area contributed by atoms with Gasteiger partial charge in [0.05, 0.1) is 5.75 Å². The van der Waals surface area contributed by atoms with E-state index < -0.39 is 5.97 Å². The number of carboxylic acid groups (broad SMARTS) is 1. The van der Waals surface area contributed by atoms with Crippen LogP contribution in [0.4, 0.5) is 0 Å². The van der Waals surface area contributed by atoms with E-state index in [0.717, 1.165) is 0 Å². The number of hydrogen-bond donors (Lipinski definition) is 1. The number of hydrogen-bond acceptors (Lipinski definition) is 4. The zero-order valence-electron chi connectivity index (χ0n) is 14.9. The Morgan fingerprint density at radius 2 is 1.52 bits per heavy atom. The Kier molecular flexibility index (Phi) is 10.7. The normalized spacial score (nSPS) is 12.1. The molecule has 0 spiro atoms. The van der Waals surface area contributed by atoms with Crippen LogP contribution in [-0.4, -0.2) is 69.4 Å². The molecule has 0 fully saturated rings. The summed E-state index contributed by atoms with van der Waals surface area (Å²) in [5, 5.41) is 8.67. The van der Waals surface area contributed by atoms with E-state index in [0.29, 0.717) is 31.7 Å². The van der Waals surface area contributed by atoms with Crippen molar-refractivity contribution in [2.24, 2.45) is 0 Å². The van der Waals surface area contributed by atoms with Crippen LogP contribution in [0, 0.1) is 0 Å². The van der Waals surface area contributed by atoms with Crippen LogP contribution < -0.4 is 0 Å². The molecular weight excluding hydrogens is 316 g/mol. The molecule has 0 bridgehead atoms. The smallest absolute Gasteiger partial charge is 0.313 e. The first-order valence-corrected chi connectivity index (χ1v) is 9.28. The predicted molar refractivity (Wildman–Crippen MR) is 93.6 cm³/mol. The highest BCUT2D eigenvalue weighted by atomic mass is 32.2. The Balaban J connectivity index is 4.78. The SMILES string of the molecule is CCC(=O)N(CC(C)N(CCSCC(=O)O)C(=O)CC)C(C)C. The fraction of sp³-hybridized carbons (Fsp3) is 0.812. The van der Waals surface area contributed by atoms with E-state index in [1.54, 1.807) is 9.80 Å². The largest absolute Gasteiger partial charge is 0.481 e. The number of carbonyl (C=O) groups is 3. The van der Waals surface area contributed by atoms with Gasteiger partial charge in [-0.3, -0.25) is 14.4 Å². The number of carboxylic acids is 1. The molecule has 0 heterocycles. The van der Waals surface area contributed by atoms with E-state index >= 15 is 0 Å². The Labute approximate surface area is 143 Å². The highest BCUT2D eigenvalue weighted by Crippen LogP contribution is 2.11. The maximum atomic E-state index is 12.2. The average Bonchev–Trinajstić information content (AvgIpc) is 2.50. The van der Waals surface area contributed by atoms with Crippen LogP contribution in [0.3, 0.4) is 0 Å². The lowest BCUT2D eigenvalue weighted by Crippen LogP contribution is -2.49. The van der Waals surface area contributed by atoms with Crippen LogP contribution in [-0.2, 0) is 14.4 Å². The molecule has 2 amide bonds. The van der Waals surface area contributed by atoms with Crippen LogP contribution >= 0.6 is 11.8 Å². The second-order valence-electron chi connectivity index (χ2n) is 5.73. The van der Waals surface area contributed by atoms with Gasteiger partial charge < -0.3 is 14.9 Å². The molecule has 134 valence electrons. The van der Waals surface area contributed by atoms with Gasteiger partial charge in [0.15, 0.2) is 0 Å². The lowest BCUT2D eigenvalue weighted by Gasteiger charge is -2.35. The third-order valence-electron chi connectivity index (χ3n) is 3.56. The van der Waals surface area contributed by atoms with Gasteiger partial charge in [-0.1, -0.05) is 13.8 Å². The summed E-state index contributed by atoms with van der Waals surface area (Å²) in [6.45, 7) is 10.5. The molecule has 6 nitrogen and oxygen atoms in total. The van der Waals surface area contributed by atoms with Crippen molar-refractivity contribution in [3.63, 3.8) is 0 Å². The third-order valence-corrected chi connectivity index (χ3v) is 4.49. The summed E-state index contributed by atoms with van der Waals surface area (Å²) in [6.07, 6.45) is 0.846. The molecule has 0 aromatic carbocycles. The van der Waals surface area contributed by atoms with Gasteiger partial charge in [0, 0.05) is 43.8 Å². The molecule has 7 heteroatoms. The predicted octanol–water partition coefficient (Wildman–Crippen LogP) is 2.08. The van der Waals surface area contributed by atoms with Crippen LogP contribution in [0.15, 0.2) is 0 Å². The van der Waals surface area contributed by atoms with E-state index in [9.17, 15) is 14.4 Å². The molecule has 0 saturated heterocycles. The molecule has 0 aliphatic heterocycles. The quantitative estimate of drug-likeness (QED) is 0.580. The molecule has 0 radical (unpaired) electrons. The summed E-state index contributed by atoms with van der Waals surface area (Å²) in [5.41, 5.74) is 0. The van der Waals surface area contributed by atoms with Crippen molar-refractivity contribution in [3.8, 4) is 0 Å². The summed E-state index contributed by atoms with van der Waals surface area (Å²) in [7, 11) is 0.